The largest absolute Gasteiger partial charge is 0.493 e. The number of hydrogen-bond acceptors (Lipinski definition) is 3. The van der Waals surface area contributed by atoms with E-state index in [1.165, 1.54) is 0 Å². The van der Waals surface area contributed by atoms with Crippen LogP contribution in [0, 0.1) is 11.5 Å². The molecule has 0 aliphatic carbocycles. The fourth-order valence-electron chi connectivity index (χ4n) is 1.90. The van der Waals surface area contributed by atoms with Gasteiger partial charge in [0, 0.05) is 23.2 Å². The molecule has 0 aliphatic heterocycles. The zero-order chi connectivity index (χ0) is 14.8. The van der Waals surface area contributed by atoms with Crippen molar-refractivity contribution in [2.45, 2.75) is 19.6 Å². The lowest BCUT2D eigenvalue weighted by Gasteiger charge is -2.12. The molecule has 0 bridgehead atoms. The number of ether oxygens (including phenoxy) is 2. The highest BCUT2D eigenvalue weighted by atomic mass is 28.3. The maximum atomic E-state index is 5.42. The third-order valence-electron chi connectivity index (χ3n) is 2.81. The summed E-state index contributed by atoms with van der Waals surface area (Å²) < 4.78 is 10.8. The van der Waals surface area contributed by atoms with Crippen molar-refractivity contribution in [2.24, 2.45) is 0 Å². The van der Waals surface area contributed by atoms with Gasteiger partial charge >= 0.3 is 0 Å². The van der Waals surface area contributed by atoms with Crippen LogP contribution in [0.3, 0.4) is 0 Å². The molecule has 0 saturated carbocycles. The van der Waals surface area contributed by atoms with E-state index >= 15 is 0 Å². The van der Waals surface area contributed by atoms with Gasteiger partial charge in [-0.25, -0.2) is 0 Å². The Bertz CT molecular complexity index is 693. The van der Waals surface area contributed by atoms with Crippen molar-refractivity contribution in [1.82, 2.24) is 4.98 Å². The van der Waals surface area contributed by atoms with E-state index in [1.54, 1.807) is 20.4 Å². The average molecular weight is 285 g/mol. The van der Waals surface area contributed by atoms with Gasteiger partial charge in [-0.15, -0.1) is 5.54 Å². The summed E-state index contributed by atoms with van der Waals surface area (Å²) in [5.74, 6) is 4.61. The predicted molar refractivity (Wildman–Crippen MR) is 85.1 cm³/mol. The van der Waals surface area contributed by atoms with Crippen LogP contribution >= 0.6 is 0 Å². The first kappa shape index (κ1) is 14.4. The van der Waals surface area contributed by atoms with Gasteiger partial charge in [0.1, 0.15) is 13.6 Å². The van der Waals surface area contributed by atoms with E-state index in [9.17, 15) is 0 Å². The smallest absolute Gasteiger partial charge is 0.187 e. The summed E-state index contributed by atoms with van der Waals surface area (Å²) in [7, 11) is 1.82. The highest BCUT2D eigenvalue weighted by Crippen LogP contribution is 2.36. The molecule has 0 radical (unpaired) electrons. The van der Waals surface area contributed by atoms with Crippen LogP contribution in [-0.2, 0) is 0 Å². The second-order valence-corrected chi connectivity index (χ2v) is 10.3. The van der Waals surface area contributed by atoms with Crippen LogP contribution in [0.4, 0.5) is 0 Å². The number of rotatable bonds is 2. The SMILES string of the molecule is COc1cc(C#C[Si](C)(C)C)c2cccnc2c1OC. The highest BCUT2D eigenvalue weighted by Gasteiger charge is 2.14. The molecule has 4 heteroatoms. The van der Waals surface area contributed by atoms with Crippen LogP contribution in [0.2, 0.25) is 19.6 Å². The Morgan fingerprint density at radius 2 is 1.90 bits per heavy atom. The zero-order valence-electron chi connectivity index (χ0n) is 12.6. The summed E-state index contributed by atoms with van der Waals surface area (Å²) in [6.07, 6.45) is 1.75. The topological polar surface area (TPSA) is 31.4 Å². The van der Waals surface area contributed by atoms with Crippen LogP contribution in [-0.4, -0.2) is 27.3 Å². The van der Waals surface area contributed by atoms with Crippen molar-refractivity contribution in [3.05, 3.63) is 30.0 Å². The van der Waals surface area contributed by atoms with Gasteiger partial charge < -0.3 is 9.47 Å². The van der Waals surface area contributed by atoms with Crippen LogP contribution < -0.4 is 9.47 Å². The molecule has 20 heavy (non-hydrogen) atoms. The Balaban J connectivity index is 2.74. The Labute approximate surface area is 120 Å². The van der Waals surface area contributed by atoms with Crippen molar-refractivity contribution in [3.8, 4) is 23.0 Å². The minimum Gasteiger partial charge on any atom is -0.493 e. The van der Waals surface area contributed by atoms with E-state index in [0.29, 0.717) is 11.5 Å². The van der Waals surface area contributed by atoms with Gasteiger partial charge in [-0.2, -0.15) is 0 Å². The van der Waals surface area contributed by atoms with E-state index in [1.807, 2.05) is 18.2 Å². The van der Waals surface area contributed by atoms with Crippen molar-refractivity contribution < 1.29 is 9.47 Å². The summed E-state index contributed by atoms with van der Waals surface area (Å²) in [4.78, 5) is 4.40. The molecule has 2 aromatic rings. The number of hydrogen-bond donors (Lipinski definition) is 0. The van der Waals surface area contributed by atoms with Gasteiger partial charge in [0.15, 0.2) is 11.5 Å². The van der Waals surface area contributed by atoms with Gasteiger partial charge in [-0.1, -0.05) is 25.6 Å². The summed E-state index contributed by atoms with van der Waals surface area (Å²) in [5, 5.41) is 0.996. The predicted octanol–water partition coefficient (Wildman–Crippen LogP) is 3.48. The maximum Gasteiger partial charge on any atom is 0.187 e. The van der Waals surface area contributed by atoms with Crippen molar-refractivity contribution >= 4 is 19.0 Å². The van der Waals surface area contributed by atoms with Gasteiger partial charge in [0.25, 0.3) is 0 Å². The molecule has 1 aromatic carbocycles. The summed E-state index contributed by atoms with van der Waals surface area (Å²) >= 11 is 0. The lowest BCUT2D eigenvalue weighted by Crippen LogP contribution is -2.16. The molecule has 104 valence electrons. The molecule has 0 aliphatic rings. The molecule has 0 atom stereocenters. The summed E-state index contributed by atoms with van der Waals surface area (Å²) in [6.45, 7) is 6.67. The van der Waals surface area contributed by atoms with E-state index in [-0.39, 0.29) is 0 Å². The molecule has 1 aromatic heterocycles. The number of nitrogens with zero attached hydrogens (tertiary/aromatic N) is 1. The minimum atomic E-state index is -1.43. The lowest BCUT2D eigenvalue weighted by molar-refractivity contribution is 0.358. The lowest BCUT2D eigenvalue weighted by atomic mass is 10.1. The molecular formula is C16H19NO2Si. The van der Waals surface area contributed by atoms with Gasteiger partial charge in [0.05, 0.1) is 14.2 Å². The molecule has 0 N–H and O–H groups in total. The minimum absolute atomic E-state index is 0.654. The third kappa shape index (κ3) is 2.94. The number of benzene rings is 1. The molecule has 0 unspecified atom stereocenters. The molecule has 3 nitrogen and oxygen atoms in total. The van der Waals surface area contributed by atoms with Gasteiger partial charge in [-0.3, -0.25) is 4.98 Å². The second-order valence-electron chi connectivity index (χ2n) is 5.56. The summed E-state index contributed by atoms with van der Waals surface area (Å²) in [6, 6.07) is 5.85. The Kier molecular flexibility index (Phi) is 4.00. The highest BCUT2D eigenvalue weighted by molar-refractivity contribution is 6.83. The van der Waals surface area contributed by atoms with Crippen molar-refractivity contribution in [1.29, 1.82) is 0 Å². The molecule has 0 fully saturated rings. The number of fused-ring (bicyclic) bond motifs is 1. The van der Waals surface area contributed by atoms with Crippen LogP contribution in [0.25, 0.3) is 10.9 Å². The number of methoxy groups -OCH3 is 2. The maximum absolute atomic E-state index is 5.42. The first-order chi connectivity index (χ1) is 9.46. The van der Waals surface area contributed by atoms with E-state index in [0.717, 1.165) is 16.5 Å². The molecule has 1 heterocycles. The van der Waals surface area contributed by atoms with Crippen LogP contribution in [0.1, 0.15) is 5.56 Å². The van der Waals surface area contributed by atoms with E-state index < -0.39 is 8.07 Å². The Morgan fingerprint density at radius 1 is 1.15 bits per heavy atom. The fraction of sp³-hybridized carbons (Fsp3) is 0.312. The number of aromatic nitrogens is 1. The first-order valence-corrected chi connectivity index (χ1v) is 9.99. The quantitative estimate of drug-likeness (QED) is 0.625. The first-order valence-electron chi connectivity index (χ1n) is 6.49. The molecule has 2 rings (SSSR count). The standard InChI is InChI=1S/C16H19NO2Si/c1-18-14-11-12(8-10-20(3,4)5)13-7-6-9-17-15(13)16(14)19-2/h6-7,9,11H,1-5H3. The van der Waals surface area contributed by atoms with Crippen molar-refractivity contribution in [3.63, 3.8) is 0 Å². The van der Waals surface area contributed by atoms with Crippen LogP contribution in [0.5, 0.6) is 11.5 Å². The fourth-order valence-corrected chi connectivity index (χ4v) is 2.41. The zero-order valence-corrected chi connectivity index (χ0v) is 13.6. The second kappa shape index (κ2) is 5.56. The van der Waals surface area contributed by atoms with E-state index in [2.05, 4.69) is 36.1 Å². The third-order valence-corrected chi connectivity index (χ3v) is 3.68. The molecule has 0 amide bonds. The van der Waals surface area contributed by atoms with Gasteiger partial charge in [-0.05, 0) is 12.1 Å². The normalized spacial score (nSPS) is 10.8. The van der Waals surface area contributed by atoms with Crippen LogP contribution in [0.15, 0.2) is 24.4 Å². The Hall–Kier alpha value is -1.99. The van der Waals surface area contributed by atoms with E-state index in [4.69, 9.17) is 9.47 Å². The number of pyridine rings is 1. The average Bonchev–Trinajstić information content (AvgIpc) is 2.43. The summed E-state index contributed by atoms with van der Waals surface area (Å²) in [5.41, 5.74) is 5.11. The molecule has 0 saturated heterocycles. The monoisotopic (exact) mass is 285 g/mol. The van der Waals surface area contributed by atoms with Gasteiger partial charge in [0.2, 0.25) is 0 Å². The van der Waals surface area contributed by atoms with Crippen molar-refractivity contribution in [2.75, 3.05) is 14.2 Å². The molecular weight excluding hydrogens is 266 g/mol. The molecule has 0 spiro atoms. The Morgan fingerprint density at radius 3 is 2.50 bits per heavy atom.